The van der Waals surface area contributed by atoms with E-state index in [9.17, 15) is 9.59 Å². The summed E-state index contributed by atoms with van der Waals surface area (Å²) in [6.07, 6.45) is 0. The molecule has 0 unspecified atom stereocenters. The monoisotopic (exact) mass is 399 g/mol. The molecular formula is C24H15O6. The van der Waals surface area contributed by atoms with Gasteiger partial charge in [-0.15, -0.1) is 0 Å². The maximum atomic E-state index is 11.0. The van der Waals surface area contributed by atoms with Crippen LogP contribution < -0.4 is 9.47 Å². The van der Waals surface area contributed by atoms with Crippen LogP contribution in [0.5, 0.6) is 23.0 Å². The predicted octanol–water partition coefficient (Wildman–Crippen LogP) is 5.62. The zero-order valence-corrected chi connectivity index (χ0v) is 15.5. The lowest BCUT2D eigenvalue weighted by Crippen LogP contribution is -1.96. The Morgan fingerprint density at radius 2 is 1.17 bits per heavy atom. The van der Waals surface area contributed by atoms with E-state index in [-0.39, 0.29) is 11.1 Å². The van der Waals surface area contributed by atoms with Gasteiger partial charge in [0.2, 0.25) is 0 Å². The molecule has 6 nitrogen and oxygen atoms in total. The van der Waals surface area contributed by atoms with Gasteiger partial charge in [0.1, 0.15) is 23.0 Å². The van der Waals surface area contributed by atoms with Gasteiger partial charge in [-0.1, -0.05) is 24.3 Å². The Kier molecular flexibility index (Phi) is 5.05. The van der Waals surface area contributed by atoms with Crippen molar-refractivity contribution in [1.29, 1.82) is 0 Å². The molecule has 0 bridgehead atoms. The lowest BCUT2D eigenvalue weighted by molar-refractivity contribution is 0.0686. The van der Waals surface area contributed by atoms with Crippen molar-refractivity contribution >= 4 is 22.7 Å². The van der Waals surface area contributed by atoms with Gasteiger partial charge in [-0.25, -0.2) is 9.59 Å². The second kappa shape index (κ2) is 7.97. The molecule has 0 aliphatic carbocycles. The maximum Gasteiger partial charge on any atom is 0.335 e. The number of hydrogen-bond acceptors (Lipinski definition) is 4. The third-order valence-electron chi connectivity index (χ3n) is 4.42. The Morgan fingerprint density at radius 1 is 0.667 bits per heavy atom. The summed E-state index contributed by atoms with van der Waals surface area (Å²) in [5, 5.41) is 19.6. The van der Waals surface area contributed by atoms with Gasteiger partial charge in [-0.05, 0) is 54.6 Å². The average Bonchev–Trinajstić information content (AvgIpc) is 2.76. The van der Waals surface area contributed by atoms with Crippen molar-refractivity contribution in [3.63, 3.8) is 0 Å². The molecule has 4 aromatic carbocycles. The van der Waals surface area contributed by atoms with Crippen molar-refractivity contribution in [2.45, 2.75) is 0 Å². The van der Waals surface area contributed by atoms with Crippen LogP contribution in [0.15, 0.2) is 78.9 Å². The molecular weight excluding hydrogens is 384 g/mol. The van der Waals surface area contributed by atoms with Gasteiger partial charge in [0.05, 0.1) is 11.1 Å². The Morgan fingerprint density at radius 3 is 1.70 bits per heavy atom. The molecule has 147 valence electrons. The number of fused-ring (bicyclic) bond motifs is 1. The first-order chi connectivity index (χ1) is 14.5. The topological polar surface area (TPSA) is 93.1 Å². The van der Waals surface area contributed by atoms with Crippen molar-refractivity contribution in [2.24, 2.45) is 0 Å². The van der Waals surface area contributed by atoms with Crippen LogP contribution >= 0.6 is 0 Å². The van der Waals surface area contributed by atoms with E-state index in [2.05, 4.69) is 6.07 Å². The SMILES string of the molecule is O=C(O)c1ccc(Oc2[c]cc(Oc3ccc(C(=O)O)cc3)c3ccccc23)cc1. The first-order valence-electron chi connectivity index (χ1n) is 8.97. The molecule has 0 spiro atoms. The second-order valence-corrected chi connectivity index (χ2v) is 6.39. The third kappa shape index (κ3) is 3.93. The molecule has 0 saturated carbocycles. The van der Waals surface area contributed by atoms with E-state index in [0.717, 1.165) is 10.8 Å². The lowest BCUT2D eigenvalue weighted by Gasteiger charge is -2.13. The van der Waals surface area contributed by atoms with Gasteiger partial charge in [0.15, 0.2) is 0 Å². The molecule has 4 aromatic rings. The predicted molar refractivity (Wildman–Crippen MR) is 110 cm³/mol. The van der Waals surface area contributed by atoms with Gasteiger partial charge in [-0.3, -0.25) is 0 Å². The molecule has 2 N–H and O–H groups in total. The van der Waals surface area contributed by atoms with Crippen LogP contribution in [0.25, 0.3) is 10.8 Å². The van der Waals surface area contributed by atoms with E-state index in [1.54, 1.807) is 30.3 Å². The zero-order valence-electron chi connectivity index (χ0n) is 15.5. The second-order valence-electron chi connectivity index (χ2n) is 6.39. The van der Waals surface area contributed by atoms with Crippen LogP contribution in [0.1, 0.15) is 20.7 Å². The summed E-state index contributed by atoms with van der Waals surface area (Å²) >= 11 is 0. The first-order valence-corrected chi connectivity index (χ1v) is 8.97. The van der Waals surface area contributed by atoms with Crippen molar-refractivity contribution in [2.75, 3.05) is 0 Å². The number of rotatable bonds is 6. The maximum absolute atomic E-state index is 11.0. The molecule has 0 aliphatic heterocycles. The number of carboxylic acid groups (broad SMARTS) is 2. The van der Waals surface area contributed by atoms with Crippen LogP contribution in [0.2, 0.25) is 0 Å². The number of carboxylic acids is 2. The van der Waals surface area contributed by atoms with Gasteiger partial charge < -0.3 is 19.7 Å². The summed E-state index contributed by atoms with van der Waals surface area (Å²) < 4.78 is 11.8. The van der Waals surface area contributed by atoms with E-state index >= 15 is 0 Å². The molecule has 0 saturated heterocycles. The highest BCUT2D eigenvalue weighted by molar-refractivity contribution is 5.93. The molecule has 4 rings (SSSR count). The molecule has 0 aromatic heterocycles. The molecule has 0 amide bonds. The van der Waals surface area contributed by atoms with E-state index < -0.39 is 11.9 Å². The Hall–Kier alpha value is -4.32. The fourth-order valence-electron chi connectivity index (χ4n) is 2.93. The highest BCUT2D eigenvalue weighted by atomic mass is 16.5. The Bertz CT molecular complexity index is 1130. The average molecular weight is 399 g/mol. The summed E-state index contributed by atoms with van der Waals surface area (Å²) in [4.78, 5) is 22.0. The van der Waals surface area contributed by atoms with E-state index in [0.29, 0.717) is 23.0 Å². The van der Waals surface area contributed by atoms with Gasteiger partial charge in [0, 0.05) is 16.8 Å². The van der Waals surface area contributed by atoms with Crippen LogP contribution in [0, 0.1) is 6.07 Å². The highest BCUT2D eigenvalue weighted by Gasteiger charge is 2.11. The third-order valence-corrected chi connectivity index (χ3v) is 4.42. The van der Waals surface area contributed by atoms with Crippen molar-refractivity contribution in [3.8, 4) is 23.0 Å². The van der Waals surface area contributed by atoms with E-state index in [4.69, 9.17) is 19.7 Å². The molecule has 0 aliphatic rings. The molecule has 1 radical (unpaired) electrons. The number of ether oxygens (including phenoxy) is 2. The molecule has 0 atom stereocenters. The summed E-state index contributed by atoms with van der Waals surface area (Å²) in [5.41, 5.74) is 0.352. The largest absolute Gasteiger partial charge is 0.478 e. The van der Waals surface area contributed by atoms with Crippen molar-refractivity contribution < 1.29 is 29.3 Å². The smallest absolute Gasteiger partial charge is 0.335 e. The van der Waals surface area contributed by atoms with E-state index in [1.807, 2.05) is 24.3 Å². The van der Waals surface area contributed by atoms with Gasteiger partial charge >= 0.3 is 11.9 Å². The van der Waals surface area contributed by atoms with Crippen LogP contribution in [0.3, 0.4) is 0 Å². The number of benzene rings is 4. The minimum Gasteiger partial charge on any atom is -0.478 e. The molecule has 30 heavy (non-hydrogen) atoms. The first kappa shape index (κ1) is 19.0. The summed E-state index contributed by atoms with van der Waals surface area (Å²) in [5.74, 6) is -0.00464. The van der Waals surface area contributed by atoms with Gasteiger partial charge in [0.25, 0.3) is 0 Å². The van der Waals surface area contributed by atoms with Crippen LogP contribution in [-0.4, -0.2) is 22.2 Å². The minimum absolute atomic E-state index is 0.175. The number of aromatic carboxylic acids is 2. The Balaban J connectivity index is 1.64. The Labute approximate surface area is 171 Å². The standard InChI is InChI=1S/C24H15O6/c25-23(26)15-5-9-17(10-6-15)29-21-13-14-22(20-4-2-1-3-19(20)21)30-18-11-7-16(8-12-18)24(27)28/h1-13H,(H,25,26)(H,27,28). The zero-order chi connectivity index (χ0) is 21.1. The minimum atomic E-state index is -1.00. The summed E-state index contributed by atoms with van der Waals surface area (Å²) in [6.45, 7) is 0. The van der Waals surface area contributed by atoms with Gasteiger partial charge in [-0.2, -0.15) is 0 Å². The normalized spacial score (nSPS) is 10.5. The van der Waals surface area contributed by atoms with Crippen molar-refractivity contribution in [1.82, 2.24) is 0 Å². The van der Waals surface area contributed by atoms with E-state index in [1.165, 1.54) is 24.3 Å². The number of carbonyl (C=O) groups is 2. The van der Waals surface area contributed by atoms with Crippen molar-refractivity contribution in [3.05, 3.63) is 96.1 Å². The molecule has 0 fully saturated rings. The molecule has 6 heteroatoms. The quantitative estimate of drug-likeness (QED) is 0.437. The van der Waals surface area contributed by atoms with Crippen LogP contribution in [-0.2, 0) is 0 Å². The fraction of sp³-hybridized carbons (Fsp3) is 0. The fourth-order valence-corrected chi connectivity index (χ4v) is 2.93. The summed E-state index contributed by atoms with van der Waals surface area (Å²) in [6, 6.07) is 24.4. The summed E-state index contributed by atoms with van der Waals surface area (Å²) in [7, 11) is 0. The lowest BCUT2D eigenvalue weighted by atomic mass is 10.1. The highest BCUT2D eigenvalue weighted by Crippen LogP contribution is 2.37. The number of hydrogen-bond donors (Lipinski definition) is 2. The van der Waals surface area contributed by atoms with Crippen LogP contribution in [0.4, 0.5) is 0 Å². The molecule has 0 heterocycles.